The molecule has 10 heteroatoms. The lowest BCUT2D eigenvalue weighted by Crippen LogP contribution is -2.35. The number of hydrogen-bond acceptors (Lipinski definition) is 3. The molecule has 0 aliphatic carbocycles. The Hall–Kier alpha value is -2.10. The lowest BCUT2D eigenvalue weighted by Gasteiger charge is -2.26. The van der Waals surface area contributed by atoms with Gasteiger partial charge in [-0.25, -0.2) is 21.6 Å². The fraction of sp³-hybridized carbons (Fsp3) is 0.278. The van der Waals surface area contributed by atoms with Crippen molar-refractivity contribution in [3.63, 3.8) is 0 Å². The molecule has 1 N–H and O–H groups in total. The molecule has 2 aromatic rings. The number of anilines is 1. The molecular formula is C18H16ClF3N2O3S. The summed E-state index contributed by atoms with van der Waals surface area (Å²) in [4.78, 5) is 12.3. The number of carbonyl (C=O) groups excluding carboxylic acids is 1. The van der Waals surface area contributed by atoms with Gasteiger partial charge in [0.1, 0.15) is 0 Å². The Morgan fingerprint density at radius 1 is 1.00 bits per heavy atom. The van der Waals surface area contributed by atoms with Gasteiger partial charge >= 0.3 is 0 Å². The molecule has 1 aliphatic rings. The number of rotatable bonds is 4. The van der Waals surface area contributed by atoms with Gasteiger partial charge < -0.3 is 5.32 Å². The van der Waals surface area contributed by atoms with E-state index in [0.717, 1.165) is 31.4 Å². The number of sulfonamides is 1. The molecule has 3 rings (SSSR count). The van der Waals surface area contributed by atoms with Crippen LogP contribution >= 0.6 is 11.6 Å². The molecule has 5 nitrogen and oxygen atoms in total. The van der Waals surface area contributed by atoms with Crippen molar-refractivity contribution in [3.8, 4) is 0 Å². The summed E-state index contributed by atoms with van der Waals surface area (Å²) in [6, 6.07) is 5.12. The normalized spacial score (nSPS) is 15.4. The van der Waals surface area contributed by atoms with Crippen molar-refractivity contribution in [3.05, 3.63) is 58.4 Å². The highest BCUT2D eigenvalue weighted by molar-refractivity contribution is 7.89. The fourth-order valence-electron chi connectivity index (χ4n) is 2.91. The van der Waals surface area contributed by atoms with Crippen LogP contribution in [0.3, 0.4) is 0 Å². The maximum absolute atomic E-state index is 13.8. The number of nitrogens with zero attached hydrogens (tertiary/aromatic N) is 1. The van der Waals surface area contributed by atoms with E-state index < -0.39 is 39.1 Å². The first-order valence-corrected chi connectivity index (χ1v) is 10.3. The molecular weight excluding hydrogens is 417 g/mol. The molecule has 0 unspecified atom stereocenters. The second-order valence-corrected chi connectivity index (χ2v) is 8.63. The molecule has 28 heavy (non-hydrogen) atoms. The van der Waals surface area contributed by atoms with E-state index in [2.05, 4.69) is 5.32 Å². The van der Waals surface area contributed by atoms with Crippen LogP contribution in [0, 0.1) is 17.5 Å². The van der Waals surface area contributed by atoms with E-state index in [1.54, 1.807) is 0 Å². The van der Waals surface area contributed by atoms with Gasteiger partial charge in [0.15, 0.2) is 17.5 Å². The number of benzene rings is 2. The fourth-order valence-corrected chi connectivity index (χ4v) is 4.65. The monoisotopic (exact) mass is 432 g/mol. The first kappa shape index (κ1) is 20.6. The Balaban J connectivity index is 1.91. The number of amides is 1. The summed E-state index contributed by atoms with van der Waals surface area (Å²) >= 11 is 5.99. The van der Waals surface area contributed by atoms with Crippen LogP contribution in [0.1, 0.15) is 29.6 Å². The van der Waals surface area contributed by atoms with Gasteiger partial charge in [-0.05, 0) is 43.2 Å². The highest BCUT2D eigenvalue weighted by Gasteiger charge is 2.27. The van der Waals surface area contributed by atoms with Crippen LogP contribution < -0.4 is 5.32 Å². The van der Waals surface area contributed by atoms with E-state index in [-0.39, 0.29) is 15.5 Å². The Morgan fingerprint density at radius 3 is 2.36 bits per heavy atom. The Morgan fingerprint density at radius 2 is 1.68 bits per heavy atom. The molecule has 0 bridgehead atoms. The summed E-state index contributed by atoms with van der Waals surface area (Å²) in [6.07, 6.45) is 2.44. The summed E-state index contributed by atoms with van der Waals surface area (Å²) in [5.74, 6) is -5.65. The van der Waals surface area contributed by atoms with E-state index in [0.29, 0.717) is 19.2 Å². The lowest BCUT2D eigenvalue weighted by molar-refractivity contribution is 0.102. The first-order valence-electron chi connectivity index (χ1n) is 8.46. The second kappa shape index (κ2) is 8.10. The van der Waals surface area contributed by atoms with E-state index in [9.17, 15) is 26.4 Å². The average Bonchev–Trinajstić information content (AvgIpc) is 2.69. The van der Waals surface area contributed by atoms with Gasteiger partial charge in [-0.3, -0.25) is 4.79 Å². The molecule has 1 saturated heterocycles. The third-order valence-corrected chi connectivity index (χ3v) is 6.64. The molecule has 0 atom stereocenters. The topological polar surface area (TPSA) is 66.5 Å². The van der Waals surface area contributed by atoms with E-state index in [1.807, 2.05) is 0 Å². The van der Waals surface area contributed by atoms with Crippen molar-refractivity contribution in [2.24, 2.45) is 0 Å². The second-order valence-electron chi connectivity index (χ2n) is 6.28. The molecule has 0 aromatic heterocycles. The SMILES string of the molecule is O=C(Nc1ccc(F)c(F)c1F)c1cc(S(=O)(=O)N2CCCCC2)ccc1Cl. The number of hydrogen-bond donors (Lipinski definition) is 1. The summed E-state index contributed by atoms with van der Waals surface area (Å²) in [7, 11) is -3.82. The Bertz CT molecular complexity index is 1020. The van der Waals surface area contributed by atoms with Crippen molar-refractivity contribution in [2.45, 2.75) is 24.2 Å². The minimum Gasteiger partial charge on any atom is -0.319 e. The Kier molecular flexibility index (Phi) is 5.97. The molecule has 150 valence electrons. The summed E-state index contributed by atoms with van der Waals surface area (Å²) < 4.78 is 67.0. The highest BCUT2D eigenvalue weighted by atomic mass is 35.5. The van der Waals surface area contributed by atoms with Crippen LogP contribution in [0.25, 0.3) is 0 Å². The van der Waals surface area contributed by atoms with Crippen LogP contribution in [0.15, 0.2) is 35.2 Å². The zero-order valence-electron chi connectivity index (χ0n) is 14.5. The van der Waals surface area contributed by atoms with Gasteiger partial charge in [0.2, 0.25) is 10.0 Å². The molecule has 1 aliphatic heterocycles. The molecule has 0 radical (unpaired) electrons. The third kappa shape index (κ3) is 4.01. The van der Waals surface area contributed by atoms with E-state index >= 15 is 0 Å². The largest absolute Gasteiger partial charge is 0.319 e. The van der Waals surface area contributed by atoms with Crippen molar-refractivity contribution >= 4 is 33.2 Å². The van der Waals surface area contributed by atoms with Gasteiger partial charge in [0.25, 0.3) is 5.91 Å². The maximum Gasteiger partial charge on any atom is 0.257 e. The van der Waals surface area contributed by atoms with Gasteiger partial charge in [0.05, 0.1) is 21.2 Å². The van der Waals surface area contributed by atoms with Crippen LogP contribution in [0.4, 0.5) is 18.9 Å². The zero-order valence-corrected chi connectivity index (χ0v) is 16.1. The van der Waals surface area contributed by atoms with E-state index in [1.165, 1.54) is 16.4 Å². The quantitative estimate of drug-likeness (QED) is 0.737. The number of nitrogens with one attached hydrogen (secondary N) is 1. The summed E-state index contributed by atoms with van der Waals surface area (Å²) in [5, 5.41) is 2.01. The minimum atomic E-state index is -3.82. The molecule has 1 amide bonds. The molecule has 2 aromatic carbocycles. The van der Waals surface area contributed by atoms with Crippen molar-refractivity contribution in [1.29, 1.82) is 0 Å². The maximum atomic E-state index is 13.8. The summed E-state index contributed by atoms with van der Waals surface area (Å²) in [5.41, 5.74) is -0.826. The van der Waals surface area contributed by atoms with Gasteiger partial charge in [0, 0.05) is 13.1 Å². The van der Waals surface area contributed by atoms with Gasteiger partial charge in [-0.15, -0.1) is 0 Å². The standard InChI is InChI=1S/C18H16ClF3N2O3S/c19-13-5-4-11(28(26,27)24-8-2-1-3-9-24)10-12(13)18(25)23-15-7-6-14(20)16(21)17(15)22/h4-7,10H,1-3,8-9H2,(H,23,25). The smallest absolute Gasteiger partial charge is 0.257 e. The third-order valence-electron chi connectivity index (χ3n) is 4.42. The Labute approximate surface area is 165 Å². The minimum absolute atomic E-state index is 0.0712. The number of carbonyl (C=O) groups is 1. The van der Waals surface area contributed by atoms with Gasteiger partial charge in [-0.1, -0.05) is 18.0 Å². The van der Waals surface area contributed by atoms with Crippen LogP contribution in [-0.4, -0.2) is 31.7 Å². The number of piperidine rings is 1. The van der Waals surface area contributed by atoms with Crippen molar-refractivity contribution in [1.82, 2.24) is 4.31 Å². The van der Waals surface area contributed by atoms with Gasteiger partial charge in [-0.2, -0.15) is 4.31 Å². The molecule has 1 heterocycles. The molecule has 1 fully saturated rings. The van der Waals surface area contributed by atoms with Crippen LogP contribution in [0.5, 0.6) is 0 Å². The predicted molar refractivity (Wildman–Crippen MR) is 98.3 cm³/mol. The van der Waals surface area contributed by atoms with Crippen LogP contribution in [-0.2, 0) is 10.0 Å². The van der Waals surface area contributed by atoms with Crippen molar-refractivity contribution in [2.75, 3.05) is 18.4 Å². The zero-order chi connectivity index (χ0) is 20.5. The summed E-state index contributed by atoms with van der Waals surface area (Å²) in [6.45, 7) is 0.763. The predicted octanol–water partition coefficient (Wildman–Crippen LogP) is 4.18. The van der Waals surface area contributed by atoms with Crippen LogP contribution in [0.2, 0.25) is 5.02 Å². The highest BCUT2D eigenvalue weighted by Crippen LogP contribution is 2.27. The average molecular weight is 433 g/mol. The number of halogens is 4. The molecule has 0 spiro atoms. The first-order chi connectivity index (χ1) is 13.2. The molecule has 0 saturated carbocycles. The lowest BCUT2D eigenvalue weighted by atomic mass is 10.2. The van der Waals surface area contributed by atoms with Crippen molar-refractivity contribution < 1.29 is 26.4 Å². The van der Waals surface area contributed by atoms with E-state index in [4.69, 9.17) is 11.6 Å².